The van der Waals surface area contributed by atoms with Crippen molar-refractivity contribution >= 4 is 28.6 Å². The SMILES string of the molecule is CC(C)NC(=O)CNC(=O)[C@@H]1CCC(=O)N1Cc1c[nH]c2ccccc12. The highest BCUT2D eigenvalue weighted by Gasteiger charge is 2.36. The van der Waals surface area contributed by atoms with Crippen LogP contribution < -0.4 is 10.6 Å². The van der Waals surface area contributed by atoms with Gasteiger partial charge < -0.3 is 20.5 Å². The van der Waals surface area contributed by atoms with E-state index in [2.05, 4.69) is 15.6 Å². The Morgan fingerprint density at radius 1 is 1.31 bits per heavy atom. The zero-order valence-electron chi connectivity index (χ0n) is 15.0. The van der Waals surface area contributed by atoms with E-state index >= 15 is 0 Å². The molecule has 0 unspecified atom stereocenters. The van der Waals surface area contributed by atoms with E-state index < -0.39 is 6.04 Å². The van der Waals surface area contributed by atoms with Gasteiger partial charge in [-0.25, -0.2) is 0 Å². The van der Waals surface area contributed by atoms with E-state index in [1.54, 1.807) is 4.90 Å². The molecule has 1 fully saturated rings. The first-order valence-corrected chi connectivity index (χ1v) is 8.87. The number of amides is 3. The lowest BCUT2D eigenvalue weighted by molar-refractivity contribution is -0.136. The summed E-state index contributed by atoms with van der Waals surface area (Å²) in [6.45, 7) is 4.01. The van der Waals surface area contributed by atoms with Crippen LogP contribution >= 0.6 is 0 Å². The van der Waals surface area contributed by atoms with Crippen molar-refractivity contribution in [3.63, 3.8) is 0 Å². The van der Waals surface area contributed by atoms with E-state index in [0.29, 0.717) is 19.4 Å². The molecule has 0 radical (unpaired) electrons. The molecule has 1 aliphatic rings. The summed E-state index contributed by atoms with van der Waals surface area (Å²) in [5.41, 5.74) is 1.98. The fourth-order valence-corrected chi connectivity index (χ4v) is 3.31. The summed E-state index contributed by atoms with van der Waals surface area (Å²) in [6.07, 6.45) is 2.69. The number of H-pyrrole nitrogens is 1. The lowest BCUT2D eigenvalue weighted by Gasteiger charge is -2.24. The second-order valence-corrected chi connectivity index (χ2v) is 6.88. The molecule has 0 bridgehead atoms. The minimum Gasteiger partial charge on any atom is -0.361 e. The first-order valence-electron chi connectivity index (χ1n) is 8.87. The lowest BCUT2D eigenvalue weighted by Crippen LogP contribution is -2.47. The van der Waals surface area contributed by atoms with Gasteiger partial charge in [0.15, 0.2) is 0 Å². The molecule has 2 aromatic rings. The van der Waals surface area contributed by atoms with Gasteiger partial charge in [0, 0.05) is 36.1 Å². The number of benzene rings is 1. The fraction of sp³-hybridized carbons (Fsp3) is 0.421. The number of nitrogens with one attached hydrogen (secondary N) is 3. The van der Waals surface area contributed by atoms with E-state index in [1.165, 1.54) is 0 Å². The molecule has 138 valence electrons. The number of rotatable bonds is 6. The number of para-hydroxylation sites is 1. The van der Waals surface area contributed by atoms with Gasteiger partial charge in [0.25, 0.3) is 0 Å². The number of fused-ring (bicyclic) bond motifs is 1. The van der Waals surface area contributed by atoms with Crippen molar-refractivity contribution in [2.45, 2.75) is 45.3 Å². The van der Waals surface area contributed by atoms with Crippen molar-refractivity contribution in [3.05, 3.63) is 36.0 Å². The standard InChI is InChI=1S/C19H24N4O3/c1-12(2)22-17(24)10-21-19(26)16-7-8-18(25)23(16)11-13-9-20-15-6-4-3-5-14(13)15/h3-6,9,12,16,20H,7-8,10-11H2,1-2H3,(H,21,26)(H,22,24)/t16-/m0/s1. The van der Waals surface area contributed by atoms with Crippen LogP contribution in [-0.4, -0.2) is 46.2 Å². The Balaban J connectivity index is 1.67. The van der Waals surface area contributed by atoms with Crippen LogP contribution in [0.15, 0.2) is 30.5 Å². The highest BCUT2D eigenvalue weighted by Crippen LogP contribution is 2.25. The number of hydrogen-bond acceptors (Lipinski definition) is 3. The normalized spacial score (nSPS) is 17.1. The molecule has 3 rings (SSSR count). The summed E-state index contributed by atoms with van der Waals surface area (Å²) < 4.78 is 0. The van der Waals surface area contributed by atoms with Gasteiger partial charge in [-0.15, -0.1) is 0 Å². The van der Waals surface area contributed by atoms with Crippen molar-refractivity contribution in [2.75, 3.05) is 6.54 Å². The monoisotopic (exact) mass is 356 g/mol. The molecule has 1 aromatic carbocycles. The zero-order valence-corrected chi connectivity index (χ0v) is 15.0. The molecular formula is C19H24N4O3. The summed E-state index contributed by atoms with van der Waals surface area (Å²) in [7, 11) is 0. The third kappa shape index (κ3) is 3.87. The van der Waals surface area contributed by atoms with E-state index in [9.17, 15) is 14.4 Å². The van der Waals surface area contributed by atoms with E-state index in [-0.39, 0.29) is 30.3 Å². The molecule has 1 saturated heterocycles. The van der Waals surface area contributed by atoms with Crippen LogP contribution in [0, 0.1) is 0 Å². The number of carbonyl (C=O) groups is 3. The van der Waals surface area contributed by atoms with Crippen molar-refractivity contribution < 1.29 is 14.4 Å². The molecule has 3 amide bonds. The minimum atomic E-state index is -0.539. The summed E-state index contributed by atoms with van der Waals surface area (Å²) in [5.74, 6) is -0.558. The van der Waals surface area contributed by atoms with Crippen molar-refractivity contribution in [2.24, 2.45) is 0 Å². The third-order valence-electron chi connectivity index (χ3n) is 4.52. The van der Waals surface area contributed by atoms with E-state index in [4.69, 9.17) is 0 Å². The molecule has 7 heteroatoms. The van der Waals surface area contributed by atoms with Crippen LogP contribution in [0.2, 0.25) is 0 Å². The van der Waals surface area contributed by atoms with Gasteiger partial charge in [0.2, 0.25) is 17.7 Å². The molecule has 7 nitrogen and oxygen atoms in total. The van der Waals surface area contributed by atoms with E-state index in [1.807, 2.05) is 44.3 Å². The quantitative estimate of drug-likeness (QED) is 0.728. The molecule has 1 aromatic heterocycles. The Bertz CT molecular complexity index is 827. The number of nitrogens with zero attached hydrogens (tertiary/aromatic N) is 1. The van der Waals surface area contributed by atoms with Crippen molar-refractivity contribution in [1.29, 1.82) is 0 Å². The molecule has 2 heterocycles. The van der Waals surface area contributed by atoms with Gasteiger partial charge in [-0.1, -0.05) is 18.2 Å². The number of aromatic nitrogens is 1. The Hall–Kier alpha value is -2.83. The second kappa shape index (κ2) is 7.59. The Morgan fingerprint density at radius 3 is 2.85 bits per heavy atom. The largest absolute Gasteiger partial charge is 0.361 e. The molecule has 0 aliphatic carbocycles. The molecule has 26 heavy (non-hydrogen) atoms. The summed E-state index contributed by atoms with van der Waals surface area (Å²) in [4.78, 5) is 41.3. The van der Waals surface area contributed by atoms with Gasteiger partial charge in [0.05, 0.1) is 6.54 Å². The molecule has 1 aliphatic heterocycles. The second-order valence-electron chi connectivity index (χ2n) is 6.88. The molecule has 0 saturated carbocycles. The molecule has 1 atom stereocenters. The maximum atomic E-state index is 12.5. The van der Waals surface area contributed by atoms with Gasteiger partial charge >= 0.3 is 0 Å². The van der Waals surface area contributed by atoms with E-state index in [0.717, 1.165) is 16.5 Å². The third-order valence-corrected chi connectivity index (χ3v) is 4.52. The van der Waals surface area contributed by atoms with Crippen molar-refractivity contribution in [3.8, 4) is 0 Å². The Morgan fingerprint density at radius 2 is 2.08 bits per heavy atom. The summed E-state index contributed by atoms with van der Waals surface area (Å²) in [5, 5.41) is 6.42. The fourth-order valence-electron chi connectivity index (χ4n) is 3.31. The predicted octanol–water partition coefficient (Wildman–Crippen LogP) is 1.30. The zero-order chi connectivity index (χ0) is 18.7. The van der Waals surface area contributed by atoms with Crippen LogP contribution in [0.3, 0.4) is 0 Å². The van der Waals surface area contributed by atoms with Gasteiger partial charge in [-0.05, 0) is 31.9 Å². The summed E-state index contributed by atoms with van der Waals surface area (Å²) >= 11 is 0. The van der Waals surface area contributed by atoms with Crippen LogP contribution in [0.5, 0.6) is 0 Å². The Kier molecular flexibility index (Phi) is 5.25. The minimum absolute atomic E-state index is 0.0193. The van der Waals surface area contributed by atoms with Crippen LogP contribution in [0.1, 0.15) is 32.3 Å². The van der Waals surface area contributed by atoms with Crippen molar-refractivity contribution in [1.82, 2.24) is 20.5 Å². The first kappa shape index (κ1) is 18.0. The lowest BCUT2D eigenvalue weighted by atomic mass is 10.1. The summed E-state index contributed by atoms with van der Waals surface area (Å²) in [6, 6.07) is 7.34. The maximum Gasteiger partial charge on any atom is 0.243 e. The van der Waals surface area contributed by atoms with Gasteiger partial charge in [-0.2, -0.15) is 0 Å². The van der Waals surface area contributed by atoms with Gasteiger partial charge in [0.1, 0.15) is 6.04 Å². The van der Waals surface area contributed by atoms with Gasteiger partial charge in [-0.3, -0.25) is 14.4 Å². The number of hydrogen-bond donors (Lipinski definition) is 3. The number of aromatic amines is 1. The predicted molar refractivity (Wildman–Crippen MR) is 98.2 cm³/mol. The smallest absolute Gasteiger partial charge is 0.243 e. The topological polar surface area (TPSA) is 94.3 Å². The van der Waals surface area contributed by atoms with Crippen LogP contribution in [0.25, 0.3) is 10.9 Å². The van der Waals surface area contributed by atoms with Crippen LogP contribution in [-0.2, 0) is 20.9 Å². The molecular weight excluding hydrogens is 332 g/mol. The first-order chi connectivity index (χ1) is 12.5. The maximum absolute atomic E-state index is 12.5. The van der Waals surface area contributed by atoms with Crippen LogP contribution in [0.4, 0.5) is 0 Å². The molecule has 3 N–H and O–H groups in total. The Labute approximate surface area is 152 Å². The molecule has 0 spiro atoms. The average molecular weight is 356 g/mol. The highest BCUT2D eigenvalue weighted by molar-refractivity contribution is 5.93. The highest BCUT2D eigenvalue weighted by atomic mass is 16.2. The number of carbonyl (C=O) groups excluding carboxylic acids is 3. The average Bonchev–Trinajstić information content (AvgIpc) is 3.17. The number of likely N-dealkylation sites (tertiary alicyclic amines) is 1.